The SMILES string of the molecule is CN(Cc1ccc(OC(F)(F)F)cc1)C(=O)NCc1cccc(NC(=O)C2CCC2)c1. The number of hydrogen-bond donors (Lipinski definition) is 2. The second-order valence-corrected chi connectivity index (χ2v) is 7.52. The van der Waals surface area contributed by atoms with Gasteiger partial charge in [0.05, 0.1) is 0 Å². The van der Waals surface area contributed by atoms with Crippen molar-refractivity contribution < 1.29 is 27.5 Å². The molecule has 9 heteroatoms. The maximum absolute atomic E-state index is 12.3. The highest BCUT2D eigenvalue weighted by atomic mass is 19.4. The van der Waals surface area contributed by atoms with Crippen molar-refractivity contribution in [2.75, 3.05) is 12.4 Å². The van der Waals surface area contributed by atoms with Crippen molar-refractivity contribution in [3.63, 3.8) is 0 Å². The van der Waals surface area contributed by atoms with E-state index >= 15 is 0 Å². The van der Waals surface area contributed by atoms with E-state index < -0.39 is 6.36 Å². The van der Waals surface area contributed by atoms with Gasteiger partial charge in [0.15, 0.2) is 0 Å². The molecule has 0 unspecified atom stereocenters. The second-order valence-electron chi connectivity index (χ2n) is 7.52. The molecule has 2 aromatic carbocycles. The van der Waals surface area contributed by atoms with E-state index in [1.165, 1.54) is 29.2 Å². The Balaban J connectivity index is 1.47. The van der Waals surface area contributed by atoms with Crippen LogP contribution in [0, 0.1) is 5.92 Å². The van der Waals surface area contributed by atoms with Crippen LogP contribution < -0.4 is 15.4 Å². The van der Waals surface area contributed by atoms with Crippen LogP contribution in [0.25, 0.3) is 0 Å². The number of rotatable bonds is 7. The zero-order chi connectivity index (χ0) is 22.4. The number of urea groups is 1. The lowest BCUT2D eigenvalue weighted by molar-refractivity contribution is -0.274. The van der Waals surface area contributed by atoms with Crippen molar-refractivity contribution in [3.05, 3.63) is 59.7 Å². The first-order valence-corrected chi connectivity index (χ1v) is 9.93. The normalized spacial score (nSPS) is 13.8. The molecular weight excluding hydrogens is 411 g/mol. The van der Waals surface area contributed by atoms with Crippen LogP contribution in [0.2, 0.25) is 0 Å². The largest absolute Gasteiger partial charge is 0.573 e. The molecule has 3 rings (SSSR count). The van der Waals surface area contributed by atoms with Crippen molar-refractivity contribution >= 4 is 17.6 Å². The molecule has 0 aliphatic heterocycles. The van der Waals surface area contributed by atoms with E-state index in [0.29, 0.717) is 11.3 Å². The number of nitrogens with one attached hydrogen (secondary N) is 2. The molecule has 1 fully saturated rings. The fraction of sp³-hybridized carbons (Fsp3) is 0.364. The van der Waals surface area contributed by atoms with Crippen molar-refractivity contribution in [1.82, 2.24) is 10.2 Å². The van der Waals surface area contributed by atoms with E-state index in [-0.39, 0.29) is 36.7 Å². The van der Waals surface area contributed by atoms with Gasteiger partial charge >= 0.3 is 12.4 Å². The minimum Gasteiger partial charge on any atom is -0.406 e. The van der Waals surface area contributed by atoms with Crippen LogP contribution >= 0.6 is 0 Å². The van der Waals surface area contributed by atoms with Gasteiger partial charge in [-0.25, -0.2) is 4.79 Å². The molecule has 0 bridgehead atoms. The van der Waals surface area contributed by atoms with E-state index in [2.05, 4.69) is 15.4 Å². The monoisotopic (exact) mass is 435 g/mol. The van der Waals surface area contributed by atoms with E-state index in [1.54, 1.807) is 13.1 Å². The first kappa shape index (κ1) is 22.5. The summed E-state index contributed by atoms with van der Waals surface area (Å²) in [4.78, 5) is 25.8. The summed E-state index contributed by atoms with van der Waals surface area (Å²) >= 11 is 0. The summed E-state index contributed by atoms with van der Waals surface area (Å²) in [5.74, 6) is -0.197. The second kappa shape index (κ2) is 9.72. The van der Waals surface area contributed by atoms with Crippen molar-refractivity contribution in [3.8, 4) is 5.75 Å². The van der Waals surface area contributed by atoms with E-state index in [9.17, 15) is 22.8 Å². The zero-order valence-corrected chi connectivity index (χ0v) is 17.0. The summed E-state index contributed by atoms with van der Waals surface area (Å²) in [7, 11) is 1.59. The van der Waals surface area contributed by atoms with Gasteiger partial charge in [-0.05, 0) is 48.2 Å². The Hall–Kier alpha value is -3.23. The highest BCUT2D eigenvalue weighted by Gasteiger charge is 2.31. The van der Waals surface area contributed by atoms with E-state index in [0.717, 1.165) is 24.8 Å². The van der Waals surface area contributed by atoms with Gasteiger partial charge in [-0.3, -0.25) is 4.79 Å². The maximum atomic E-state index is 12.3. The Bertz CT molecular complexity index is 912. The number of anilines is 1. The highest BCUT2D eigenvalue weighted by Crippen LogP contribution is 2.27. The number of carbonyl (C=O) groups is 2. The lowest BCUT2D eigenvalue weighted by Gasteiger charge is -2.24. The zero-order valence-electron chi connectivity index (χ0n) is 17.0. The predicted molar refractivity (Wildman–Crippen MR) is 109 cm³/mol. The Morgan fingerprint density at radius 1 is 1.10 bits per heavy atom. The predicted octanol–water partition coefficient (Wildman–Crippen LogP) is 4.67. The minimum absolute atomic E-state index is 0.0267. The summed E-state index contributed by atoms with van der Waals surface area (Å²) in [5, 5.41) is 5.69. The third kappa shape index (κ3) is 6.91. The number of hydrogen-bond acceptors (Lipinski definition) is 3. The Labute approximate surface area is 178 Å². The molecule has 0 spiro atoms. The molecule has 6 nitrogen and oxygen atoms in total. The number of benzene rings is 2. The molecule has 1 aliphatic rings. The molecule has 3 amide bonds. The lowest BCUT2D eigenvalue weighted by Crippen LogP contribution is -2.36. The number of carbonyl (C=O) groups excluding carboxylic acids is 2. The topological polar surface area (TPSA) is 70.7 Å². The Morgan fingerprint density at radius 2 is 1.81 bits per heavy atom. The number of ether oxygens (including phenoxy) is 1. The van der Waals surface area contributed by atoms with Crippen LogP contribution in [0.15, 0.2) is 48.5 Å². The number of amides is 3. The standard InChI is InChI=1S/C22H24F3N3O3/c1-28(14-15-8-10-19(11-9-15)31-22(23,24)25)21(30)26-13-16-4-2-7-18(12-16)27-20(29)17-5-3-6-17/h2,4,7-12,17H,3,5-6,13-14H2,1H3,(H,26,30)(H,27,29). The molecule has 1 aliphatic carbocycles. The first-order chi connectivity index (χ1) is 14.7. The average Bonchev–Trinajstić information content (AvgIpc) is 2.65. The molecule has 166 valence electrons. The van der Waals surface area contributed by atoms with Crippen LogP contribution in [0.4, 0.5) is 23.7 Å². The molecule has 0 radical (unpaired) electrons. The lowest BCUT2D eigenvalue weighted by atomic mass is 9.85. The van der Waals surface area contributed by atoms with Crippen LogP contribution in [-0.2, 0) is 17.9 Å². The molecular formula is C22H24F3N3O3. The molecule has 2 aromatic rings. The highest BCUT2D eigenvalue weighted by molar-refractivity contribution is 5.93. The van der Waals surface area contributed by atoms with Gasteiger partial charge in [0.25, 0.3) is 0 Å². The number of alkyl halides is 3. The fourth-order valence-corrected chi connectivity index (χ4v) is 3.13. The third-order valence-electron chi connectivity index (χ3n) is 5.04. The molecule has 2 N–H and O–H groups in total. The Kier molecular flexibility index (Phi) is 7.04. The quantitative estimate of drug-likeness (QED) is 0.664. The van der Waals surface area contributed by atoms with Gasteiger partial charge in [-0.15, -0.1) is 13.2 Å². The van der Waals surface area contributed by atoms with Crippen LogP contribution in [0.1, 0.15) is 30.4 Å². The Morgan fingerprint density at radius 3 is 2.42 bits per heavy atom. The summed E-state index contributed by atoms with van der Waals surface area (Å²) in [6.07, 6.45) is -1.81. The summed E-state index contributed by atoms with van der Waals surface area (Å²) in [6, 6.07) is 12.3. The van der Waals surface area contributed by atoms with Crippen LogP contribution in [-0.4, -0.2) is 30.2 Å². The fourth-order valence-electron chi connectivity index (χ4n) is 3.13. The third-order valence-corrected chi connectivity index (χ3v) is 5.04. The van der Waals surface area contributed by atoms with Gasteiger partial charge in [0.1, 0.15) is 5.75 Å². The molecule has 0 heterocycles. The smallest absolute Gasteiger partial charge is 0.406 e. The van der Waals surface area contributed by atoms with Gasteiger partial charge in [0.2, 0.25) is 5.91 Å². The van der Waals surface area contributed by atoms with Gasteiger partial charge in [-0.1, -0.05) is 30.7 Å². The summed E-state index contributed by atoms with van der Waals surface area (Å²) in [5.41, 5.74) is 2.19. The van der Waals surface area contributed by atoms with Crippen molar-refractivity contribution in [1.29, 1.82) is 0 Å². The number of halogens is 3. The number of nitrogens with zero attached hydrogens (tertiary/aromatic N) is 1. The molecule has 1 saturated carbocycles. The maximum Gasteiger partial charge on any atom is 0.573 e. The van der Waals surface area contributed by atoms with Crippen LogP contribution in [0.3, 0.4) is 0 Å². The summed E-state index contributed by atoms with van der Waals surface area (Å²) < 4.78 is 40.5. The summed E-state index contributed by atoms with van der Waals surface area (Å²) in [6.45, 7) is 0.490. The first-order valence-electron chi connectivity index (χ1n) is 9.93. The van der Waals surface area contributed by atoms with E-state index in [4.69, 9.17) is 0 Å². The molecule has 0 aromatic heterocycles. The van der Waals surface area contributed by atoms with Gasteiger partial charge in [-0.2, -0.15) is 0 Å². The van der Waals surface area contributed by atoms with E-state index in [1.807, 2.05) is 18.2 Å². The van der Waals surface area contributed by atoms with Gasteiger partial charge in [0, 0.05) is 31.7 Å². The molecule has 31 heavy (non-hydrogen) atoms. The van der Waals surface area contributed by atoms with Gasteiger partial charge < -0.3 is 20.3 Å². The molecule has 0 saturated heterocycles. The minimum atomic E-state index is -4.74. The average molecular weight is 435 g/mol. The molecule has 0 atom stereocenters. The van der Waals surface area contributed by atoms with Crippen molar-refractivity contribution in [2.45, 2.75) is 38.7 Å². The van der Waals surface area contributed by atoms with Crippen LogP contribution in [0.5, 0.6) is 5.75 Å². The van der Waals surface area contributed by atoms with Crippen molar-refractivity contribution in [2.24, 2.45) is 5.92 Å².